The molecule has 0 fully saturated rings. The van der Waals surface area contributed by atoms with E-state index >= 15 is 0 Å². The van der Waals surface area contributed by atoms with Gasteiger partial charge in [-0.3, -0.25) is 4.57 Å². The second-order valence-electron chi connectivity index (χ2n) is 4.97. The van der Waals surface area contributed by atoms with Crippen LogP contribution in [0.25, 0.3) is 16.7 Å². The molecule has 0 atom stereocenters. The third kappa shape index (κ3) is 2.73. The number of fused-ring (bicyclic) bond motifs is 1. The van der Waals surface area contributed by atoms with Crippen molar-refractivity contribution in [3.8, 4) is 5.69 Å². The van der Waals surface area contributed by atoms with E-state index in [2.05, 4.69) is 20.9 Å². The van der Waals surface area contributed by atoms with Gasteiger partial charge in [-0.2, -0.15) is 13.2 Å². The van der Waals surface area contributed by atoms with Gasteiger partial charge in [-0.1, -0.05) is 28.1 Å². The molecule has 0 saturated carbocycles. The van der Waals surface area contributed by atoms with Gasteiger partial charge in [-0.05, 0) is 30.3 Å². The monoisotopic (exact) mass is 386 g/mol. The minimum atomic E-state index is -5.20. The molecule has 1 aromatic heterocycles. The van der Waals surface area contributed by atoms with E-state index in [-0.39, 0.29) is 5.52 Å². The Morgan fingerprint density at radius 3 is 2.43 bits per heavy atom. The minimum absolute atomic E-state index is 0.221. The molecule has 0 spiro atoms. The number of halogens is 4. The standard InChI is InChI=1S/C15H10BrF3N2O2/c16-10-2-1-3-11(7-10)21-8-20-12-6-9(4-5-13(12)21)14(22,23)15(17,18)19/h1-8,22-23H. The molecule has 2 N–H and O–H groups in total. The molecule has 0 bridgehead atoms. The maximum Gasteiger partial charge on any atom is 0.447 e. The van der Waals surface area contributed by atoms with E-state index in [1.165, 1.54) is 12.4 Å². The lowest BCUT2D eigenvalue weighted by Gasteiger charge is -2.24. The van der Waals surface area contributed by atoms with Gasteiger partial charge in [0, 0.05) is 15.7 Å². The number of aliphatic hydroxyl groups is 2. The maximum absolute atomic E-state index is 12.7. The number of imidazole rings is 1. The molecule has 4 nitrogen and oxygen atoms in total. The zero-order valence-corrected chi connectivity index (χ0v) is 13.0. The molecule has 0 aliphatic carbocycles. The van der Waals surface area contributed by atoms with Crippen molar-refractivity contribution >= 4 is 27.0 Å². The van der Waals surface area contributed by atoms with Crippen LogP contribution in [0.1, 0.15) is 5.56 Å². The van der Waals surface area contributed by atoms with Gasteiger partial charge >= 0.3 is 6.18 Å². The van der Waals surface area contributed by atoms with E-state index < -0.39 is 17.5 Å². The molecular weight excluding hydrogens is 377 g/mol. The average molecular weight is 387 g/mol. The number of rotatable bonds is 2. The predicted octanol–water partition coefficient (Wildman–Crippen LogP) is 3.49. The molecule has 3 rings (SSSR count). The summed E-state index contributed by atoms with van der Waals surface area (Å²) in [4.78, 5) is 4.04. The van der Waals surface area contributed by atoms with E-state index in [4.69, 9.17) is 0 Å². The Kier molecular flexibility index (Phi) is 3.70. The van der Waals surface area contributed by atoms with Crippen LogP contribution in [0.15, 0.2) is 53.3 Å². The predicted molar refractivity (Wildman–Crippen MR) is 80.9 cm³/mol. The fourth-order valence-electron chi connectivity index (χ4n) is 2.22. The van der Waals surface area contributed by atoms with Crippen molar-refractivity contribution in [1.82, 2.24) is 9.55 Å². The Morgan fingerprint density at radius 1 is 1.04 bits per heavy atom. The van der Waals surface area contributed by atoms with Crippen LogP contribution in [-0.2, 0) is 5.79 Å². The SMILES string of the molecule is OC(O)(c1ccc2c(c1)ncn2-c1cccc(Br)c1)C(F)(F)F. The zero-order chi connectivity index (χ0) is 16.8. The quantitative estimate of drug-likeness (QED) is 0.662. The summed E-state index contributed by atoms with van der Waals surface area (Å²) in [6.07, 6.45) is -3.74. The van der Waals surface area contributed by atoms with Gasteiger partial charge in [-0.15, -0.1) is 0 Å². The van der Waals surface area contributed by atoms with E-state index in [0.717, 1.165) is 22.3 Å². The van der Waals surface area contributed by atoms with Gasteiger partial charge in [0.05, 0.1) is 11.0 Å². The highest BCUT2D eigenvalue weighted by Gasteiger charge is 2.54. The fraction of sp³-hybridized carbons (Fsp3) is 0.133. The molecule has 1 heterocycles. The first-order chi connectivity index (χ1) is 10.7. The second-order valence-corrected chi connectivity index (χ2v) is 5.88. The lowest BCUT2D eigenvalue weighted by atomic mass is 10.0. The molecule has 0 amide bonds. The van der Waals surface area contributed by atoms with Crippen LogP contribution < -0.4 is 0 Å². The number of nitrogens with zero attached hydrogens (tertiary/aromatic N) is 2. The fourth-order valence-corrected chi connectivity index (χ4v) is 2.61. The number of alkyl halides is 3. The second kappa shape index (κ2) is 5.33. The van der Waals surface area contributed by atoms with Gasteiger partial charge < -0.3 is 10.2 Å². The van der Waals surface area contributed by atoms with Crippen LogP contribution in [0.5, 0.6) is 0 Å². The van der Waals surface area contributed by atoms with Crippen molar-refractivity contribution in [3.63, 3.8) is 0 Å². The molecule has 0 aliphatic rings. The summed E-state index contributed by atoms with van der Waals surface area (Å²) >= 11 is 3.35. The maximum atomic E-state index is 12.7. The molecule has 23 heavy (non-hydrogen) atoms. The highest BCUT2D eigenvalue weighted by Crippen LogP contribution is 2.37. The summed E-state index contributed by atoms with van der Waals surface area (Å²) < 4.78 is 40.6. The van der Waals surface area contributed by atoms with Crippen LogP contribution in [0, 0.1) is 0 Å². The Morgan fingerprint density at radius 2 is 1.78 bits per heavy atom. The molecule has 3 aromatic rings. The summed E-state index contributed by atoms with van der Waals surface area (Å²) in [6, 6.07) is 10.7. The first kappa shape index (κ1) is 16.0. The molecule has 8 heteroatoms. The molecule has 2 aromatic carbocycles. The van der Waals surface area contributed by atoms with Gasteiger partial charge in [0.15, 0.2) is 0 Å². The first-order valence-electron chi connectivity index (χ1n) is 6.45. The van der Waals surface area contributed by atoms with E-state index in [1.54, 1.807) is 4.57 Å². The Bertz CT molecular complexity index is 875. The van der Waals surface area contributed by atoms with Crippen molar-refractivity contribution in [2.75, 3.05) is 0 Å². The van der Waals surface area contributed by atoms with Crippen molar-refractivity contribution in [1.29, 1.82) is 0 Å². The summed E-state index contributed by atoms with van der Waals surface area (Å²) in [5.74, 6) is -3.92. The average Bonchev–Trinajstić information content (AvgIpc) is 2.89. The van der Waals surface area contributed by atoms with Gasteiger partial charge in [-0.25, -0.2) is 4.98 Å². The minimum Gasteiger partial charge on any atom is -0.355 e. The van der Waals surface area contributed by atoms with Crippen molar-refractivity contribution in [3.05, 3.63) is 58.8 Å². The number of hydrogen-bond acceptors (Lipinski definition) is 3. The topological polar surface area (TPSA) is 58.3 Å². The van der Waals surface area contributed by atoms with Crippen molar-refractivity contribution in [2.45, 2.75) is 12.0 Å². The number of benzene rings is 2. The molecule has 0 aliphatic heterocycles. The molecular formula is C15H10BrF3N2O2. The summed E-state index contributed by atoms with van der Waals surface area (Å²) in [7, 11) is 0. The van der Waals surface area contributed by atoms with Gasteiger partial charge in [0.2, 0.25) is 0 Å². The normalized spacial score (nSPS) is 12.8. The van der Waals surface area contributed by atoms with E-state index in [1.807, 2.05) is 24.3 Å². The van der Waals surface area contributed by atoms with E-state index in [0.29, 0.717) is 5.52 Å². The highest BCUT2D eigenvalue weighted by atomic mass is 79.9. The van der Waals surface area contributed by atoms with Crippen LogP contribution in [0.4, 0.5) is 13.2 Å². The summed E-state index contributed by atoms with van der Waals surface area (Å²) in [5, 5.41) is 18.7. The summed E-state index contributed by atoms with van der Waals surface area (Å²) in [6.45, 7) is 0. The van der Waals surface area contributed by atoms with Crippen molar-refractivity contribution in [2.24, 2.45) is 0 Å². The van der Waals surface area contributed by atoms with Crippen molar-refractivity contribution < 1.29 is 23.4 Å². The molecule has 0 saturated heterocycles. The largest absolute Gasteiger partial charge is 0.447 e. The van der Waals surface area contributed by atoms with E-state index in [9.17, 15) is 23.4 Å². The van der Waals surface area contributed by atoms with Crippen LogP contribution >= 0.6 is 15.9 Å². The van der Waals surface area contributed by atoms with Gasteiger partial charge in [0.1, 0.15) is 6.33 Å². The smallest absolute Gasteiger partial charge is 0.355 e. The van der Waals surface area contributed by atoms with Crippen LogP contribution in [0.2, 0.25) is 0 Å². The highest BCUT2D eigenvalue weighted by molar-refractivity contribution is 9.10. The lowest BCUT2D eigenvalue weighted by Crippen LogP contribution is -2.41. The summed E-state index contributed by atoms with van der Waals surface area (Å²) in [5.41, 5.74) is 0.853. The number of aromatic nitrogens is 2. The Balaban J connectivity index is 2.11. The Hall–Kier alpha value is -1.90. The van der Waals surface area contributed by atoms with Gasteiger partial charge in [0.25, 0.3) is 5.79 Å². The molecule has 0 unspecified atom stereocenters. The molecule has 0 radical (unpaired) electrons. The first-order valence-corrected chi connectivity index (χ1v) is 7.24. The third-order valence-corrected chi connectivity index (χ3v) is 3.92. The lowest BCUT2D eigenvalue weighted by molar-refractivity contribution is -0.358. The Labute approximate surface area is 136 Å². The van der Waals surface area contributed by atoms with Crippen LogP contribution in [0.3, 0.4) is 0 Å². The number of hydrogen-bond donors (Lipinski definition) is 2. The molecule has 120 valence electrons. The zero-order valence-electron chi connectivity index (χ0n) is 11.4. The van der Waals surface area contributed by atoms with Crippen LogP contribution in [-0.4, -0.2) is 25.9 Å². The third-order valence-electron chi connectivity index (χ3n) is 3.43.